The van der Waals surface area contributed by atoms with Crippen LogP contribution in [0.1, 0.15) is 38.3 Å². The number of para-hydroxylation sites is 1. The summed E-state index contributed by atoms with van der Waals surface area (Å²) in [7, 11) is 1.57. The lowest BCUT2D eigenvalue weighted by Gasteiger charge is -2.21. The van der Waals surface area contributed by atoms with Gasteiger partial charge in [-0.3, -0.25) is 14.5 Å². The SMILES string of the molecule is COc1ccccc1[C@H](C)NC(=O)CN1C(=O)N[C@@](C)(C2CC2)C1=O. The fourth-order valence-electron chi connectivity index (χ4n) is 3.33. The van der Waals surface area contributed by atoms with Gasteiger partial charge in [-0.05, 0) is 38.7 Å². The van der Waals surface area contributed by atoms with Gasteiger partial charge in [0.25, 0.3) is 5.91 Å². The summed E-state index contributed by atoms with van der Waals surface area (Å²) in [6.07, 6.45) is 1.85. The molecule has 0 spiro atoms. The van der Waals surface area contributed by atoms with E-state index in [-0.39, 0.29) is 30.3 Å². The molecule has 1 saturated heterocycles. The quantitative estimate of drug-likeness (QED) is 0.767. The molecule has 1 aliphatic carbocycles. The van der Waals surface area contributed by atoms with Crippen LogP contribution in [0, 0.1) is 5.92 Å². The molecule has 1 saturated carbocycles. The lowest BCUT2D eigenvalue weighted by atomic mass is 9.96. The fourth-order valence-corrected chi connectivity index (χ4v) is 3.33. The Bertz CT molecular complexity index is 716. The Morgan fingerprint density at radius 1 is 1.40 bits per heavy atom. The highest BCUT2D eigenvalue weighted by Gasteiger charge is 2.56. The average Bonchev–Trinajstić information content (AvgIpc) is 3.41. The van der Waals surface area contributed by atoms with Gasteiger partial charge in [0.2, 0.25) is 5.91 Å². The molecule has 2 N–H and O–H groups in total. The first-order valence-corrected chi connectivity index (χ1v) is 8.43. The molecule has 0 aromatic heterocycles. The van der Waals surface area contributed by atoms with Crippen LogP contribution in [0.3, 0.4) is 0 Å². The number of ether oxygens (including phenoxy) is 1. The van der Waals surface area contributed by atoms with E-state index in [1.165, 1.54) is 0 Å². The standard InChI is InChI=1S/C18H23N3O4/c1-11(13-6-4-5-7-14(13)25-3)19-15(22)10-21-16(23)18(2,12-8-9-12)20-17(21)24/h4-7,11-12H,8-10H2,1-3H3,(H,19,22)(H,20,24)/t11-,18-/m0/s1. The number of urea groups is 1. The Hall–Kier alpha value is -2.57. The number of methoxy groups -OCH3 is 1. The minimum absolute atomic E-state index is 0.171. The number of carbonyl (C=O) groups excluding carboxylic acids is 3. The molecule has 4 amide bonds. The van der Waals surface area contributed by atoms with E-state index in [2.05, 4.69) is 10.6 Å². The molecule has 1 heterocycles. The topological polar surface area (TPSA) is 87.7 Å². The molecule has 3 rings (SSSR count). The number of rotatable bonds is 6. The number of hydrogen-bond acceptors (Lipinski definition) is 4. The molecule has 0 unspecified atom stereocenters. The smallest absolute Gasteiger partial charge is 0.325 e. The highest BCUT2D eigenvalue weighted by atomic mass is 16.5. The number of nitrogens with one attached hydrogen (secondary N) is 2. The van der Waals surface area contributed by atoms with Crippen LogP contribution in [-0.4, -0.2) is 41.9 Å². The van der Waals surface area contributed by atoms with Crippen LogP contribution in [0.25, 0.3) is 0 Å². The number of carbonyl (C=O) groups is 3. The summed E-state index contributed by atoms with van der Waals surface area (Å²) in [5, 5.41) is 5.56. The van der Waals surface area contributed by atoms with Crippen molar-refractivity contribution in [1.29, 1.82) is 0 Å². The van der Waals surface area contributed by atoms with E-state index in [0.29, 0.717) is 5.75 Å². The fraction of sp³-hybridized carbons (Fsp3) is 0.500. The Morgan fingerprint density at radius 3 is 2.72 bits per heavy atom. The summed E-state index contributed by atoms with van der Waals surface area (Å²) in [5.74, 6) is 0.137. The van der Waals surface area contributed by atoms with Gasteiger partial charge in [-0.1, -0.05) is 18.2 Å². The molecule has 0 radical (unpaired) electrons. The van der Waals surface area contributed by atoms with Crippen molar-refractivity contribution in [3.63, 3.8) is 0 Å². The van der Waals surface area contributed by atoms with Crippen LogP contribution in [0.15, 0.2) is 24.3 Å². The highest BCUT2D eigenvalue weighted by Crippen LogP contribution is 2.42. The van der Waals surface area contributed by atoms with Gasteiger partial charge >= 0.3 is 6.03 Å². The van der Waals surface area contributed by atoms with Crippen LogP contribution < -0.4 is 15.4 Å². The summed E-state index contributed by atoms with van der Waals surface area (Å²) < 4.78 is 5.30. The van der Waals surface area contributed by atoms with Crippen LogP contribution in [0.5, 0.6) is 5.75 Å². The van der Waals surface area contributed by atoms with Gasteiger partial charge in [-0.25, -0.2) is 4.79 Å². The number of benzene rings is 1. The number of nitrogens with zero attached hydrogens (tertiary/aromatic N) is 1. The van der Waals surface area contributed by atoms with E-state index in [9.17, 15) is 14.4 Å². The van der Waals surface area contributed by atoms with Gasteiger partial charge in [0.1, 0.15) is 17.8 Å². The zero-order chi connectivity index (χ0) is 18.2. The monoisotopic (exact) mass is 345 g/mol. The van der Waals surface area contributed by atoms with Crippen LogP contribution in [0.4, 0.5) is 4.79 Å². The molecule has 7 heteroatoms. The maximum Gasteiger partial charge on any atom is 0.325 e. The van der Waals surface area contributed by atoms with Gasteiger partial charge in [0, 0.05) is 5.56 Å². The van der Waals surface area contributed by atoms with Gasteiger partial charge < -0.3 is 15.4 Å². The first kappa shape index (κ1) is 17.3. The largest absolute Gasteiger partial charge is 0.496 e. The number of hydrogen-bond donors (Lipinski definition) is 2. The Kier molecular flexibility index (Phi) is 4.41. The summed E-state index contributed by atoms with van der Waals surface area (Å²) in [4.78, 5) is 38.0. The lowest BCUT2D eigenvalue weighted by molar-refractivity contribution is -0.135. The third kappa shape index (κ3) is 3.18. The second-order valence-electron chi connectivity index (χ2n) is 6.83. The molecule has 0 bridgehead atoms. The van der Waals surface area contributed by atoms with E-state index < -0.39 is 11.6 Å². The third-order valence-electron chi connectivity index (χ3n) is 4.98. The Labute approximate surface area is 146 Å². The van der Waals surface area contributed by atoms with Gasteiger partial charge in [0.05, 0.1) is 13.2 Å². The second kappa shape index (κ2) is 6.38. The third-order valence-corrected chi connectivity index (χ3v) is 4.98. The molecule has 1 aromatic rings. The zero-order valence-electron chi connectivity index (χ0n) is 14.7. The molecule has 1 aliphatic heterocycles. The summed E-state index contributed by atoms with van der Waals surface area (Å²) >= 11 is 0. The van der Waals surface area contributed by atoms with E-state index in [0.717, 1.165) is 23.3 Å². The predicted molar refractivity (Wildman–Crippen MR) is 90.9 cm³/mol. The van der Waals surface area contributed by atoms with E-state index >= 15 is 0 Å². The second-order valence-corrected chi connectivity index (χ2v) is 6.83. The predicted octanol–water partition coefficient (Wildman–Crippen LogP) is 1.59. The summed E-state index contributed by atoms with van der Waals surface area (Å²) in [5.41, 5.74) is -0.0376. The van der Waals surface area contributed by atoms with E-state index in [4.69, 9.17) is 4.74 Å². The molecule has 2 fully saturated rings. The van der Waals surface area contributed by atoms with Crippen molar-refractivity contribution >= 4 is 17.8 Å². The normalized spacial score (nSPS) is 24.0. The first-order chi connectivity index (χ1) is 11.9. The van der Waals surface area contributed by atoms with Crippen molar-refractivity contribution < 1.29 is 19.1 Å². The Balaban J connectivity index is 1.64. The van der Waals surface area contributed by atoms with Gasteiger partial charge in [-0.2, -0.15) is 0 Å². The van der Waals surface area contributed by atoms with E-state index in [1.54, 1.807) is 14.0 Å². The van der Waals surface area contributed by atoms with Crippen molar-refractivity contribution in [1.82, 2.24) is 15.5 Å². The number of imide groups is 1. The van der Waals surface area contributed by atoms with Crippen LogP contribution in [-0.2, 0) is 9.59 Å². The van der Waals surface area contributed by atoms with Crippen molar-refractivity contribution in [2.24, 2.45) is 5.92 Å². The molecule has 134 valence electrons. The van der Waals surface area contributed by atoms with Gasteiger partial charge in [-0.15, -0.1) is 0 Å². The van der Waals surface area contributed by atoms with Crippen LogP contribution >= 0.6 is 0 Å². The maximum absolute atomic E-state index is 12.6. The molecule has 25 heavy (non-hydrogen) atoms. The molecule has 1 aromatic carbocycles. The van der Waals surface area contributed by atoms with E-state index in [1.807, 2.05) is 31.2 Å². The van der Waals surface area contributed by atoms with Gasteiger partial charge in [0.15, 0.2) is 0 Å². The molecular formula is C18H23N3O4. The summed E-state index contributed by atoms with van der Waals surface area (Å²) in [6.45, 7) is 3.28. The average molecular weight is 345 g/mol. The van der Waals surface area contributed by atoms with Crippen molar-refractivity contribution in [3.05, 3.63) is 29.8 Å². The lowest BCUT2D eigenvalue weighted by Crippen LogP contribution is -2.47. The minimum atomic E-state index is -0.869. The molecule has 2 atom stereocenters. The highest BCUT2D eigenvalue weighted by molar-refractivity contribution is 6.09. The molecular weight excluding hydrogens is 322 g/mol. The maximum atomic E-state index is 12.6. The van der Waals surface area contributed by atoms with Crippen molar-refractivity contribution in [3.8, 4) is 5.75 Å². The molecule has 7 nitrogen and oxygen atoms in total. The van der Waals surface area contributed by atoms with Crippen LogP contribution in [0.2, 0.25) is 0 Å². The summed E-state index contributed by atoms with van der Waals surface area (Å²) in [6, 6.07) is 6.58. The van der Waals surface area contributed by atoms with Crippen molar-refractivity contribution in [2.45, 2.75) is 38.3 Å². The zero-order valence-corrected chi connectivity index (χ0v) is 14.7. The minimum Gasteiger partial charge on any atom is -0.496 e. The van der Waals surface area contributed by atoms with Crippen molar-refractivity contribution in [2.75, 3.05) is 13.7 Å². The first-order valence-electron chi connectivity index (χ1n) is 8.43. The number of amides is 4. The Morgan fingerprint density at radius 2 is 2.08 bits per heavy atom. The molecule has 2 aliphatic rings.